The molecule has 94 valence electrons. The number of amides is 2. The molecule has 4 N–H and O–H groups in total. The van der Waals surface area contributed by atoms with Crippen LogP contribution in [0.1, 0.15) is 13.3 Å². The van der Waals surface area contributed by atoms with Crippen LogP contribution in [-0.4, -0.2) is 24.1 Å². The molecule has 0 aliphatic rings. The minimum absolute atomic E-state index is 0.540. The molecule has 0 radical (unpaired) electrons. The highest BCUT2D eigenvalue weighted by atomic mass is 32.2. The monoisotopic (exact) mass is 253 g/mol. The van der Waals surface area contributed by atoms with Gasteiger partial charge in [-0.05, 0) is 42.2 Å². The lowest BCUT2D eigenvalue weighted by Gasteiger charge is -2.07. The fourth-order valence-corrected chi connectivity index (χ4v) is 2.00. The summed E-state index contributed by atoms with van der Waals surface area (Å²) >= 11 is 1.95. The summed E-state index contributed by atoms with van der Waals surface area (Å²) in [5, 5.41) is 5.85. The van der Waals surface area contributed by atoms with Crippen molar-refractivity contribution in [3.05, 3.63) is 24.3 Å². The van der Waals surface area contributed by atoms with E-state index in [1.165, 1.54) is 11.5 Å². The highest BCUT2D eigenvalue weighted by molar-refractivity contribution is 7.99. The molecule has 0 atom stereocenters. The average molecular weight is 253 g/mol. The van der Waals surface area contributed by atoms with Gasteiger partial charge < -0.3 is 16.4 Å². The molecule has 0 unspecified atom stereocenters. The minimum atomic E-state index is -0.540. The first-order valence-electron chi connectivity index (χ1n) is 5.70. The number of anilines is 2. The third-order valence-electron chi connectivity index (χ3n) is 2.15. The molecule has 1 rings (SSSR count). The number of rotatable bonds is 7. The van der Waals surface area contributed by atoms with Gasteiger partial charge in [0, 0.05) is 17.9 Å². The Morgan fingerprint density at radius 2 is 1.94 bits per heavy atom. The van der Waals surface area contributed by atoms with Gasteiger partial charge in [-0.15, -0.1) is 0 Å². The van der Waals surface area contributed by atoms with Gasteiger partial charge in [-0.25, -0.2) is 4.79 Å². The molecule has 1 aromatic carbocycles. The molecule has 0 saturated carbocycles. The van der Waals surface area contributed by atoms with Gasteiger partial charge in [-0.2, -0.15) is 11.8 Å². The number of hydrogen-bond donors (Lipinski definition) is 3. The smallest absolute Gasteiger partial charge is 0.316 e. The van der Waals surface area contributed by atoms with E-state index in [0.29, 0.717) is 5.69 Å². The van der Waals surface area contributed by atoms with Gasteiger partial charge in [0.2, 0.25) is 0 Å². The lowest BCUT2D eigenvalue weighted by atomic mass is 10.2. The SMILES string of the molecule is CCSCCCNc1ccc(NC(N)=O)cc1. The number of nitrogens with two attached hydrogens (primary N) is 1. The summed E-state index contributed by atoms with van der Waals surface area (Å²) in [6, 6.07) is 6.97. The van der Waals surface area contributed by atoms with Gasteiger partial charge in [-0.1, -0.05) is 6.92 Å². The van der Waals surface area contributed by atoms with E-state index in [4.69, 9.17) is 5.73 Å². The fourth-order valence-electron chi connectivity index (χ4n) is 1.36. The second kappa shape index (κ2) is 7.84. The molecular formula is C12H19N3OS. The number of benzene rings is 1. The van der Waals surface area contributed by atoms with E-state index < -0.39 is 6.03 Å². The number of nitrogens with one attached hydrogen (secondary N) is 2. The summed E-state index contributed by atoms with van der Waals surface area (Å²) in [6.07, 6.45) is 1.15. The molecular weight excluding hydrogens is 234 g/mol. The van der Waals surface area contributed by atoms with Crippen molar-refractivity contribution in [3.63, 3.8) is 0 Å². The Morgan fingerprint density at radius 1 is 1.29 bits per heavy atom. The molecule has 0 heterocycles. The topological polar surface area (TPSA) is 67.2 Å². The van der Waals surface area contributed by atoms with Crippen LogP contribution in [0.2, 0.25) is 0 Å². The number of urea groups is 1. The molecule has 1 aromatic rings. The summed E-state index contributed by atoms with van der Waals surface area (Å²) in [4.78, 5) is 10.6. The van der Waals surface area contributed by atoms with Crippen LogP contribution >= 0.6 is 11.8 Å². The van der Waals surface area contributed by atoms with Crippen LogP contribution < -0.4 is 16.4 Å². The quantitative estimate of drug-likeness (QED) is 0.654. The first kappa shape index (κ1) is 13.7. The van der Waals surface area contributed by atoms with E-state index in [1.54, 1.807) is 0 Å². The van der Waals surface area contributed by atoms with Gasteiger partial charge in [-0.3, -0.25) is 0 Å². The van der Waals surface area contributed by atoms with Crippen LogP contribution in [0.4, 0.5) is 16.2 Å². The summed E-state index contributed by atoms with van der Waals surface area (Å²) in [5.41, 5.74) is 6.79. The lowest BCUT2D eigenvalue weighted by molar-refractivity contribution is 0.259. The predicted molar refractivity (Wildman–Crippen MR) is 75.8 cm³/mol. The van der Waals surface area contributed by atoms with Crippen molar-refractivity contribution in [1.29, 1.82) is 0 Å². The maximum Gasteiger partial charge on any atom is 0.316 e. The summed E-state index contributed by atoms with van der Waals surface area (Å²) in [6.45, 7) is 3.14. The van der Waals surface area contributed by atoms with E-state index in [2.05, 4.69) is 17.6 Å². The Bertz CT molecular complexity index is 340. The van der Waals surface area contributed by atoms with E-state index in [0.717, 1.165) is 18.7 Å². The average Bonchev–Trinajstić information content (AvgIpc) is 2.30. The molecule has 0 saturated heterocycles. The largest absolute Gasteiger partial charge is 0.385 e. The van der Waals surface area contributed by atoms with Crippen LogP contribution in [0, 0.1) is 0 Å². The third-order valence-corrected chi connectivity index (χ3v) is 3.14. The zero-order valence-electron chi connectivity index (χ0n) is 10.0. The number of thioether (sulfide) groups is 1. The van der Waals surface area contributed by atoms with Crippen LogP contribution in [0.5, 0.6) is 0 Å². The Balaban J connectivity index is 2.28. The number of primary amides is 1. The maximum absolute atomic E-state index is 10.6. The number of carbonyl (C=O) groups is 1. The van der Waals surface area contributed by atoms with E-state index >= 15 is 0 Å². The van der Waals surface area contributed by atoms with E-state index in [-0.39, 0.29) is 0 Å². The molecule has 0 aromatic heterocycles. The number of carbonyl (C=O) groups excluding carboxylic acids is 1. The Kier molecular flexibility index (Phi) is 6.32. The molecule has 5 heteroatoms. The van der Waals surface area contributed by atoms with Crippen molar-refractivity contribution >= 4 is 29.2 Å². The third kappa shape index (κ3) is 6.06. The van der Waals surface area contributed by atoms with Gasteiger partial charge >= 0.3 is 6.03 Å². The second-order valence-corrected chi connectivity index (χ2v) is 4.94. The molecule has 0 aliphatic carbocycles. The molecule has 0 spiro atoms. The van der Waals surface area contributed by atoms with Crippen molar-refractivity contribution in [2.24, 2.45) is 5.73 Å². The van der Waals surface area contributed by atoms with Crippen LogP contribution in [0.25, 0.3) is 0 Å². The van der Waals surface area contributed by atoms with Crippen molar-refractivity contribution in [3.8, 4) is 0 Å². The zero-order chi connectivity index (χ0) is 12.5. The molecule has 2 amide bonds. The van der Waals surface area contributed by atoms with Gasteiger partial charge in [0.05, 0.1) is 0 Å². The van der Waals surface area contributed by atoms with Crippen LogP contribution in [-0.2, 0) is 0 Å². The Labute approximate surface area is 106 Å². The summed E-state index contributed by atoms with van der Waals surface area (Å²) in [7, 11) is 0. The van der Waals surface area contributed by atoms with Gasteiger partial charge in [0.15, 0.2) is 0 Å². The predicted octanol–water partition coefficient (Wildman–Crippen LogP) is 2.73. The molecule has 17 heavy (non-hydrogen) atoms. The molecule has 4 nitrogen and oxygen atoms in total. The highest BCUT2D eigenvalue weighted by Gasteiger charge is 1.96. The van der Waals surface area contributed by atoms with Crippen molar-refractivity contribution in [1.82, 2.24) is 0 Å². The standard InChI is InChI=1S/C12H19N3OS/c1-2-17-9-3-8-14-10-4-6-11(7-5-10)15-12(13)16/h4-7,14H,2-3,8-9H2,1H3,(H3,13,15,16). The molecule has 0 bridgehead atoms. The van der Waals surface area contributed by atoms with Gasteiger partial charge in [0.1, 0.15) is 0 Å². The van der Waals surface area contributed by atoms with E-state index in [9.17, 15) is 4.79 Å². The van der Waals surface area contributed by atoms with Crippen LogP contribution in [0.15, 0.2) is 24.3 Å². The van der Waals surface area contributed by atoms with Crippen molar-refractivity contribution in [2.45, 2.75) is 13.3 Å². The zero-order valence-corrected chi connectivity index (χ0v) is 10.8. The Morgan fingerprint density at radius 3 is 2.53 bits per heavy atom. The lowest BCUT2D eigenvalue weighted by Crippen LogP contribution is -2.19. The molecule has 0 fully saturated rings. The molecule has 0 aliphatic heterocycles. The number of hydrogen-bond acceptors (Lipinski definition) is 3. The van der Waals surface area contributed by atoms with Crippen molar-refractivity contribution in [2.75, 3.05) is 28.7 Å². The van der Waals surface area contributed by atoms with Gasteiger partial charge in [0.25, 0.3) is 0 Å². The first-order valence-corrected chi connectivity index (χ1v) is 6.86. The minimum Gasteiger partial charge on any atom is -0.385 e. The highest BCUT2D eigenvalue weighted by Crippen LogP contribution is 2.13. The fraction of sp³-hybridized carbons (Fsp3) is 0.417. The van der Waals surface area contributed by atoms with E-state index in [1.807, 2.05) is 36.0 Å². The normalized spacial score (nSPS) is 9.94. The summed E-state index contributed by atoms with van der Waals surface area (Å²) in [5.74, 6) is 2.36. The van der Waals surface area contributed by atoms with Crippen LogP contribution in [0.3, 0.4) is 0 Å². The first-order chi connectivity index (χ1) is 8.22. The summed E-state index contributed by atoms with van der Waals surface area (Å²) < 4.78 is 0. The Hall–Kier alpha value is -1.36. The maximum atomic E-state index is 10.6. The second-order valence-electron chi connectivity index (χ2n) is 3.54. The van der Waals surface area contributed by atoms with Crippen molar-refractivity contribution < 1.29 is 4.79 Å².